The van der Waals surface area contributed by atoms with Gasteiger partial charge in [0.05, 0.1) is 0 Å². The number of ether oxygens (including phenoxy) is 1. The van der Waals surface area contributed by atoms with Crippen LogP contribution in [0, 0.1) is 5.82 Å². The number of halogens is 1. The summed E-state index contributed by atoms with van der Waals surface area (Å²) < 4.78 is 18.4. The van der Waals surface area contributed by atoms with Gasteiger partial charge in [-0.05, 0) is 31.2 Å². The highest BCUT2D eigenvalue weighted by atomic mass is 19.1. The van der Waals surface area contributed by atoms with Crippen molar-refractivity contribution in [1.29, 1.82) is 0 Å². The van der Waals surface area contributed by atoms with Gasteiger partial charge in [0, 0.05) is 11.6 Å². The molecule has 0 fully saturated rings. The van der Waals surface area contributed by atoms with E-state index in [0.717, 1.165) is 6.08 Å². The summed E-state index contributed by atoms with van der Waals surface area (Å²) in [6.45, 7) is 2.22. The van der Waals surface area contributed by atoms with Crippen LogP contribution < -0.4 is 4.74 Å². The molecule has 0 heterocycles. The topological polar surface area (TPSA) is 46.5 Å². The lowest BCUT2D eigenvalue weighted by Gasteiger charge is -2.07. The fourth-order valence-corrected chi connectivity index (χ4v) is 1.18. The van der Waals surface area contributed by atoms with Gasteiger partial charge in [-0.1, -0.05) is 12.2 Å². The van der Waals surface area contributed by atoms with Gasteiger partial charge in [-0.15, -0.1) is 0 Å². The summed E-state index contributed by atoms with van der Waals surface area (Å²) in [5.41, 5.74) is 0.400. The second-order valence-corrected chi connectivity index (χ2v) is 3.23. The summed E-state index contributed by atoms with van der Waals surface area (Å²) in [5.74, 6) is -1.08. The molecule has 0 saturated heterocycles. The first-order valence-corrected chi connectivity index (χ1v) is 5.08. The van der Waals surface area contributed by atoms with E-state index >= 15 is 0 Å². The Balaban J connectivity index is 2.91. The zero-order chi connectivity index (χ0) is 12.7. The second-order valence-electron chi connectivity index (χ2n) is 3.23. The van der Waals surface area contributed by atoms with E-state index in [1.54, 1.807) is 6.08 Å². The van der Waals surface area contributed by atoms with E-state index in [-0.39, 0.29) is 0 Å². The highest BCUT2D eigenvalue weighted by Crippen LogP contribution is 2.21. The van der Waals surface area contributed by atoms with Crippen molar-refractivity contribution in [2.45, 2.75) is 6.92 Å². The van der Waals surface area contributed by atoms with E-state index in [9.17, 15) is 9.18 Å². The van der Waals surface area contributed by atoms with Gasteiger partial charge < -0.3 is 9.84 Å². The lowest BCUT2D eigenvalue weighted by atomic mass is 10.2. The van der Waals surface area contributed by atoms with Gasteiger partial charge in [0.1, 0.15) is 18.2 Å². The Kier molecular flexibility index (Phi) is 4.94. The fourth-order valence-electron chi connectivity index (χ4n) is 1.18. The van der Waals surface area contributed by atoms with Gasteiger partial charge in [0.2, 0.25) is 0 Å². The molecule has 1 rings (SSSR count). The maximum atomic E-state index is 13.0. The van der Waals surface area contributed by atoms with E-state index in [1.165, 1.54) is 24.3 Å². The molecule has 1 aromatic carbocycles. The number of allylic oxidation sites excluding steroid dienone is 1. The van der Waals surface area contributed by atoms with Crippen LogP contribution in [0.15, 0.2) is 36.4 Å². The van der Waals surface area contributed by atoms with Gasteiger partial charge in [-0.3, -0.25) is 0 Å². The number of hydrogen-bond acceptors (Lipinski definition) is 2. The van der Waals surface area contributed by atoms with E-state index < -0.39 is 11.8 Å². The zero-order valence-electron chi connectivity index (χ0n) is 9.39. The van der Waals surface area contributed by atoms with Crippen LogP contribution in [0.3, 0.4) is 0 Å². The average molecular weight is 236 g/mol. The van der Waals surface area contributed by atoms with Crippen LogP contribution in [0.1, 0.15) is 12.5 Å². The molecule has 0 aliphatic carbocycles. The fraction of sp³-hybridized carbons (Fsp3) is 0.154. The Labute approximate surface area is 98.8 Å². The van der Waals surface area contributed by atoms with Crippen molar-refractivity contribution >= 4 is 12.0 Å². The van der Waals surface area contributed by atoms with E-state index in [0.29, 0.717) is 17.9 Å². The number of rotatable bonds is 5. The largest absolute Gasteiger partial charge is 0.489 e. The summed E-state index contributed by atoms with van der Waals surface area (Å²) in [4.78, 5) is 10.4. The van der Waals surface area contributed by atoms with Crippen molar-refractivity contribution in [1.82, 2.24) is 0 Å². The van der Waals surface area contributed by atoms with Gasteiger partial charge in [-0.25, -0.2) is 9.18 Å². The molecule has 17 heavy (non-hydrogen) atoms. The SMILES string of the molecule is C/C=C/COc1ccc(F)cc1/C=C/C(=O)O. The van der Waals surface area contributed by atoms with Gasteiger partial charge in [0.15, 0.2) is 0 Å². The van der Waals surface area contributed by atoms with Crippen LogP contribution in [0.4, 0.5) is 4.39 Å². The molecule has 1 aromatic rings. The molecule has 0 aromatic heterocycles. The second kappa shape index (κ2) is 6.48. The molecule has 0 atom stereocenters. The molecule has 90 valence electrons. The number of carboxylic acids is 1. The van der Waals surface area contributed by atoms with Crippen LogP contribution in [-0.4, -0.2) is 17.7 Å². The van der Waals surface area contributed by atoms with Crippen LogP contribution in [0.25, 0.3) is 6.08 Å². The Hall–Kier alpha value is -2.10. The molecule has 4 heteroatoms. The predicted octanol–water partition coefficient (Wildman–Crippen LogP) is 2.88. The minimum atomic E-state index is -1.09. The lowest BCUT2D eigenvalue weighted by molar-refractivity contribution is -0.131. The summed E-state index contributed by atoms with van der Waals surface area (Å²) in [6, 6.07) is 3.97. The summed E-state index contributed by atoms with van der Waals surface area (Å²) in [5, 5.41) is 8.52. The molecule has 0 aliphatic heterocycles. The first kappa shape index (κ1) is 13.0. The first-order chi connectivity index (χ1) is 8.13. The summed E-state index contributed by atoms with van der Waals surface area (Å²) in [7, 11) is 0. The number of aliphatic carboxylic acids is 1. The minimum Gasteiger partial charge on any atom is -0.489 e. The first-order valence-electron chi connectivity index (χ1n) is 5.08. The van der Waals surface area contributed by atoms with E-state index in [1.807, 2.05) is 13.0 Å². The maximum absolute atomic E-state index is 13.0. The number of carboxylic acid groups (broad SMARTS) is 1. The third kappa shape index (κ3) is 4.51. The molecule has 3 nitrogen and oxygen atoms in total. The Morgan fingerprint density at radius 1 is 1.53 bits per heavy atom. The number of carbonyl (C=O) groups is 1. The van der Waals surface area contributed by atoms with Crippen molar-refractivity contribution in [3.8, 4) is 5.75 Å². The molecule has 0 spiro atoms. The van der Waals surface area contributed by atoms with Crippen LogP contribution in [0.2, 0.25) is 0 Å². The number of benzene rings is 1. The minimum absolute atomic E-state index is 0.357. The Morgan fingerprint density at radius 3 is 2.94 bits per heavy atom. The molecule has 0 saturated carbocycles. The Bertz CT molecular complexity index is 450. The molecule has 0 bridgehead atoms. The van der Waals surface area contributed by atoms with Crippen LogP contribution >= 0.6 is 0 Å². The molecular weight excluding hydrogens is 223 g/mol. The van der Waals surface area contributed by atoms with Crippen molar-refractivity contribution in [2.24, 2.45) is 0 Å². The van der Waals surface area contributed by atoms with Crippen molar-refractivity contribution in [3.63, 3.8) is 0 Å². The van der Waals surface area contributed by atoms with E-state index in [2.05, 4.69) is 0 Å². The van der Waals surface area contributed by atoms with Gasteiger partial charge >= 0.3 is 5.97 Å². The number of hydrogen-bond donors (Lipinski definition) is 1. The molecular formula is C13H13FO3. The summed E-state index contributed by atoms with van der Waals surface area (Å²) >= 11 is 0. The Morgan fingerprint density at radius 2 is 2.29 bits per heavy atom. The van der Waals surface area contributed by atoms with Crippen molar-refractivity contribution in [3.05, 3.63) is 47.8 Å². The molecule has 1 N–H and O–H groups in total. The van der Waals surface area contributed by atoms with Crippen molar-refractivity contribution in [2.75, 3.05) is 6.61 Å². The molecule has 0 radical (unpaired) electrons. The quantitative estimate of drug-likeness (QED) is 0.631. The zero-order valence-corrected chi connectivity index (χ0v) is 9.39. The maximum Gasteiger partial charge on any atom is 0.328 e. The van der Waals surface area contributed by atoms with E-state index in [4.69, 9.17) is 9.84 Å². The normalized spacial score (nSPS) is 11.2. The lowest BCUT2D eigenvalue weighted by Crippen LogP contribution is -1.96. The van der Waals surface area contributed by atoms with Gasteiger partial charge in [0.25, 0.3) is 0 Å². The monoisotopic (exact) mass is 236 g/mol. The standard InChI is InChI=1S/C13H13FO3/c1-2-3-8-17-12-6-5-11(14)9-10(12)4-7-13(15)16/h2-7,9H,8H2,1H3,(H,15,16)/b3-2+,7-4+. The highest BCUT2D eigenvalue weighted by molar-refractivity contribution is 5.85. The summed E-state index contributed by atoms with van der Waals surface area (Å²) in [6.07, 6.45) is 5.87. The van der Waals surface area contributed by atoms with Crippen molar-refractivity contribution < 1.29 is 19.0 Å². The van der Waals surface area contributed by atoms with Crippen LogP contribution in [-0.2, 0) is 4.79 Å². The average Bonchev–Trinajstić information content (AvgIpc) is 2.29. The van der Waals surface area contributed by atoms with Gasteiger partial charge in [-0.2, -0.15) is 0 Å². The molecule has 0 aliphatic rings. The highest BCUT2D eigenvalue weighted by Gasteiger charge is 2.02. The smallest absolute Gasteiger partial charge is 0.328 e. The third-order valence-corrected chi connectivity index (χ3v) is 1.95. The van der Waals surface area contributed by atoms with Crippen LogP contribution in [0.5, 0.6) is 5.75 Å². The molecule has 0 unspecified atom stereocenters. The third-order valence-electron chi connectivity index (χ3n) is 1.95. The predicted molar refractivity (Wildman–Crippen MR) is 63.4 cm³/mol. The molecule has 0 amide bonds.